The minimum absolute atomic E-state index is 0.244. The summed E-state index contributed by atoms with van der Waals surface area (Å²) < 4.78 is 10.9. The van der Waals surface area contributed by atoms with E-state index >= 15 is 0 Å². The Bertz CT molecular complexity index is 857. The van der Waals surface area contributed by atoms with Crippen LogP contribution in [0.4, 0.5) is 0 Å². The molecule has 2 N–H and O–H groups in total. The Labute approximate surface area is 186 Å². The first-order valence-electron chi connectivity index (χ1n) is 9.61. The molecule has 2 aromatic rings. The van der Waals surface area contributed by atoms with E-state index in [-0.39, 0.29) is 12.3 Å². The first-order chi connectivity index (χ1) is 14.3. The molecule has 0 aliphatic carbocycles. The van der Waals surface area contributed by atoms with Gasteiger partial charge >= 0.3 is 5.97 Å². The molecule has 2 atom stereocenters. The maximum Gasteiger partial charge on any atom is 0.333 e. The molecule has 0 aromatic heterocycles. The summed E-state index contributed by atoms with van der Waals surface area (Å²) in [6, 6.07) is 12.2. The van der Waals surface area contributed by atoms with Gasteiger partial charge in [-0.1, -0.05) is 41.4 Å². The van der Waals surface area contributed by atoms with Crippen molar-refractivity contribution in [2.24, 2.45) is 0 Å². The van der Waals surface area contributed by atoms with Gasteiger partial charge in [0.05, 0.1) is 0 Å². The first kappa shape index (κ1) is 24.0. The van der Waals surface area contributed by atoms with Crippen LogP contribution in [0.3, 0.4) is 0 Å². The lowest BCUT2D eigenvalue weighted by atomic mass is 10.1. The van der Waals surface area contributed by atoms with E-state index in [1.165, 1.54) is 0 Å². The Morgan fingerprint density at radius 2 is 1.83 bits per heavy atom. The van der Waals surface area contributed by atoms with Crippen molar-refractivity contribution in [2.45, 2.75) is 38.9 Å². The lowest BCUT2D eigenvalue weighted by Gasteiger charge is -2.16. The quantitative estimate of drug-likeness (QED) is 0.533. The normalized spacial score (nSPS) is 12.8. The molecule has 2 rings (SSSR count). The Morgan fingerprint density at radius 1 is 1.13 bits per heavy atom. The van der Waals surface area contributed by atoms with Crippen LogP contribution >= 0.6 is 23.2 Å². The molecular weight excluding hydrogens is 429 g/mol. The molecule has 0 unspecified atom stereocenters. The van der Waals surface area contributed by atoms with Crippen molar-refractivity contribution >= 4 is 35.1 Å². The number of carbonyl (C=O) groups is 2. The molecule has 0 aliphatic rings. The van der Waals surface area contributed by atoms with Gasteiger partial charge in [0.2, 0.25) is 0 Å². The Kier molecular flexibility index (Phi) is 9.43. The van der Waals surface area contributed by atoms with Gasteiger partial charge in [0.25, 0.3) is 5.91 Å². The van der Waals surface area contributed by atoms with Crippen molar-refractivity contribution in [3.8, 4) is 5.75 Å². The molecule has 1 amide bonds. The second-order valence-corrected chi connectivity index (χ2v) is 7.51. The van der Waals surface area contributed by atoms with Crippen molar-refractivity contribution < 1.29 is 24.2 Å². The molecule has 0 heterocycles. The summed E-state index contributed by atoms with van der Waals surface area (Å²) in [5.41, 5.74) is 1.71. The summed E-state index contributed by atoms with van der Waals surface area (Å²) in [5, 5.41) is 13.1. The number of carboxylic acids is 1. The number of nitrogens with one attached hydrogen (secondary N) is 1. The van der Waals surface area contributed by atoms with Crippen LogP contribution in [-0.4, -0.2) is 42.3 Å². The molecule has 162 valence electrons. The van der Waals surface area contributed by atoms with Gasteiger partial charge in [0.15, 0.2) is 12.2 Å². The van der Waals surface area contributed by atoms with Crippen molar-refractivity contribution in [3.05, 3.63) is 63.6 Å². The zero-order chi connectivity index (χ0) is 22.1. The Hall–Kier alpha value is -2.28. The van der Waals surface area contributed by atoms with E-state index < -0.39 is 18.2 Å². The molecule has 0 saturated heterocycles. The Balaban J connectivity index is 1.82. The molecule has 0 aliphatic heterocycles. The predicted molar refractivity (Wildman–Crippen MR) is 116 cm³/mol. The zero-order valence-corrected chi connectivity index (χ0v) is 18.4. The van der Waals surface area contributed by atoms with E-state index in [2.05, 4.69) is 5.32 Å². The second kappa shape index (κ2) is 11.8. The standard InChI is InChI=1S/C22H25Cl2NO5/c1-3-29-20(22(27)28)12-15-4-8-18(9-5-15)30-14(2)21(26)25-11-10-16-6-7-17(23)13-19(16)24/h4-9,13-14,20H,3,10-12H2,1-2H3,(H,25,26)(H,27,28)/t14-,20+/m1/s1. The van der Waals surface area contributed by atoms with Crippen LogP contribution in [0.2, 0.25) is 10.0 Å². The maximum absolute atomic E-state index is 12.3. The largest absolute Gasteiger partial charge is 0.481 e. The van der Waals surface area contributed by atoms with Gasteiger partial charge < -0.3 is 19.9 Å². The highest BCUT2D eigenvalue weighted by molar-refractivity contribution is 6.35. The van der Waals surface area contributed by atoms with E-state index in [0.29, 0.717) is 35.4 Å². The third-order valence-electron chi connectivity index (χ3n) is 4.38. The molecule has 0 spiro atoms. The summed E-state index contributed by atoms with van der Waals surface area (Å²) in [6.07, 6.45) is -0.743. The summed E-state index contributed by atoms with van der Waals surface area (Å²) in [5.74, 6) is -0.723. The number of aliphatic carboxylic acids is 1. The molecule has 0 saturated carbocycles. The minimum atomic E-state index is -0.998. The first-order valence-corrected chi connectivity index (χ1v) is 10.4. The van der Waals surface area contributed by atoms with Gasteiger partial charge in [-0.3, -0.25) is 4.79 Å². The Morgan fingerprint density at radius 3 is 2.43 bits per heavy atom. The average molecular weight is 454 g/mol. The highest BCUT2D eigenvalue weighted by atomic mass is 35.5. The molecule has 2 aromatic carbocycles. The molecule has 0 radical (unpaired) electrons. The molecule has 0 bridgehead atoms. The molecule has 6 nitrogen and oxygen atoms in total. The summed E-state index contributed by atoms with van der Waals surface area (Å²) in [4.78, 5) is 23.4. The van der Waals surface area contributed by atoms with Gasteiger partial charge in [0, 0.05) is 29.6 Å². The average Bonchev–Trinajstić information content (AvgIpc) is 2.70. The number of benzene rings is 2. The van der Waals surface area contributed by atoms with Gasteiger partial charge in [-0.15, -0.1) is 0 Å². The fourth-order valence-electron chi connectivity index (χ4n) is 2.78. The monoisotopic (exact) mass is 453 g/mol. The second-order valence-electron chi connectivity index (χ2n) is 6.67. The van der Waals surface area contributed by atoms with Gasteiger partial charge in [-0.25, -0.2) is 4.79 Å². The van der Waals surface area contributed by atoms with Gasteiger partial charge in [-0.2, -0.15) is 0 Å². The van der Waals surface area contributed by atoms with Crippen LogP contribution < -0.4 is 10.1 Å². The lowest BCUT2D eigenvalue weighted by Crippen LogP contribution is -2.37. The van der Waals surface area contributed by atoms with Crippen molar-refractivity contribution in [2.75, 3.05) is 13.2 Å². The lowest BCUT2D eigenvalue weighted by molar-refractivity contribution is -0.150. The number of hydrogen-bond acceptors (Lipinski definition) is 4. The van der Waals surface area contributed by atoms with Crippen LogP contribution in [0.15, 0.2) is 42.5 Å². The highest BCUT2D eigenvalue weighted by Crippen LogP contribution is 2.21. The molecule has 0 fully saturated rings. The number of rotatable bonds is 11. The van der Waals surface area contributed by atoms with Crippen LogP contribution in [0.1, 0.15) is 25.0 Å². The summed E-state index contributed by atoms with van der Waals surface area (Å²) in [7, 11) is 0. The fraction of sp³-hybridized carbons (Fsp3) is 0.364. The number of hydrogen-bond donors (Lipinski definition) is 2. The molecule has 30 heavy (non-hydrogen) atoms. The number of carbonyl (C=O) groups excluding carboxylic acids is 1. The fourth-order valence-corrected chi connectivity index (χ4v) is 3.29. The number of halogens is 2. The maximum atomic E-state index is 12.3. The van der Waals surface area contributed by atoms with Crippen LogP contribution in [0, 0.1) is 0 Å². The highest BCUT2D eigenvalue weighted by Gasteiger charge is 2.18. The molecular formula is C22H25Cl2NO5. The van der Waals surface area contributed by atoms with Gasteiger partial charge in [0.1, 0.15) is 5.75 Å². The van der Waals surface area contributed by atoms with Crippen molar-refractivity contribution in [1.82, 2.24) is 5.32 Å². The van der Waals surface area contributed by atoms with Crippen LogP contribution in [0.5, 0.6) is 5.75 Å². The third kappa shape index (κ3) is 7.52. The van der Waals surface area contributed by atoms with E-state index in [1.54, 1.807) is 50.2 Å². The summed E-state index contributed by atoms with van der Waals surface area (Å²) >= 11 is 12.0. The topological polar surface area (TPSA) is 84.9 Å². The minimum Gasteiger partial charge on any atom is -0.481 e. The van der Waals surface area contributed by atoms with E-state index in [9.17, 15) is 9.59 Å². The zero-order valence-electron chi connectivity index (χ0n) is 16.9. The van der Waals surface area contributed by atoms with E-state index in [0.717, 1.165) is 11.1 Å². The third-order valence-corrected chi connectivity index (χ3v) is 4.97. The van der Waals surface area contributed by atoms with Crippen LogP contribution in [0.25, 0.3) is 0 Å². The molecule has 8 heteroatoms. The number of amides is 1. The predicted octanol–water partition coefficient (Wildman–Crippen LogP) is 4.15. The smallest absolute Gasteiger partial charge is 0.333 e. The number of ether oxygens (including phenoxy) is 2. The van der Waals surface area contributed by atoms with Gasteiger partial charge in [-0.05, 0) is 55.7 Å². The summed E-state index contributed by atoms with van der Waals surface area (Å²) in [6.45, 7) is 4.16. The van der Waals surface area contributed by atoms with E-state index in [1.807, 2.05) is 6.07 Å². The van der Waals surface area contributed by atoms with Crippen molar-refractivity contribution in [1.29, 1.82) is 0 Å². The van der Waals surface area contributed by atoms with Crippen LogP contribution in [-0.2, 0) is 27.2 Å². The van der Waals surface area contributed by atoms with E-state index in [4.69, 9.17) is 37.8 Å². The SMILES string of the molecule is CCO[C@@H](Cc1ccc(O[C@H](C)C(=O)NCCc2ccc(Cl)cc2Cl)cc1)C(=O)O. The van der Waals surface area contributed by atoms with Crippen molar-refractivity contribution in [3.63, 3.8) is 0 Å². The number of carboxylic acid groups (broad SMARTS) is 1.